The summed E-state index contributed by atoms with van der Waals surface area (Å²) >= 11 is 6.19. The van der Waals surface area contributed by atoms with E-state index < -0.39 is 0 Å². The van der Waals surface area contributed by atoms with Crippen molar-refractivity contribution >= 4 is 11.6 Å². The molecule has 0 saturated heterocycles. The van der Waals surface area contributed by atoms with E-state index in [1.165, 1.54) is 5.56 Å². The number of hydrogen-bond donors (Lipinski definition) is 0. The van der Waals surface area contributed by atoms with Crippen molar-refractivity contribution in [2.24, 2.45) is 0 Å². The number of hydrogen-bond acceptors (Lipinski definition) is 1. The Morgan fingerprint density at radius 1 is 0.947 bits per heavy atom. The van der Waals surface area contributed by atoms with Gasteiger partial charge < -0.3 is 0 Å². The van der Waals surface area contributed by atoms with Crippen molar-refractivity contribution in [1.29, 1.82) is 0 Å². The van der Waals surface area contributed by atoms with Crippen LogP contribution in [0, 0.1) is 0 Å². The predicted octanol–water partition coefficient (Wildman–Crippen LogP) is 4.25. The highest BCUT2D eigenvalue weighted by atomic mass is 35.5. The van der Waals surface area contributed by atoms with Gasteiger partial charge in [0, 0.05) is 22.3 Å². The fourth-order valence-corrected chi connectivity index (χ4v) is 2.30. The van der Waals surface area contributed by atoms with Crippen LogP contribution in [-0.4, -0.2) is 9.78 Å². The molecule has 0 amide bonds. The Morgan fingerprint density at radius 3 is 2.47 bits per heavy atom. The second-order valence-corrected chi connectivity index (χ2v) is 4.80. The molecule has 0 saturated carbocycles. The molecule has 1 aromatic heterocycles. The van der Waals surface area contributed by atoms with Crippen LogP contribution < -0.4 is 0 Å². The minimum atomic E-state index is 0.752. The van der Waals surface area contributed by atoms with Crippen LogP contribution in [0.1, 0.15) is 5.56 Å². The average molecular weight is 269 g/mol. The van der Waals surface area contributed by atoms with Crippen molar-refractivity contribution < 1.29 is 0 Å². The molecular weight excluding hydrogens is 256 g/mol. The summed E-state index contributed by atoms with van der Waals surface area (Å²) in [5.41, 5.74) is 3.29. The van der Waals surface area contributed by atoms with Gasteiger partial charge in [0.1, 0.15) is 0 Å². The lowest BCUT2D eigenvalue weighted by molar-refractivity contribution is 0.687. The molecule has 19 heavy (non-hydrogen) atoms. The molecule has 0 N–H and O–H groups in total. The predicted molar refractivity (Wildman–Crippen MR) is 78.2 cm³/mol. The SMILES string of the molecule is Clc1ccccc1-c1cnn(Cc2ccccc2)c1. The van der Waals surface area contributed by atoms with E-state index in [1.807, 2.05) is 59.5 Å². The summed E-state index contributed by atoms with van der Waals surface area (Å²) in [6.45, 7) is 0.769. The highest BCUT2D eigenvalue weighted by Crippen LogP contribution is 2.26. The van der Waals surface area contributed by atoms with E-state index in [1.54, 1.807) is 0 Å². The van der Waals surface area contributed by atoms with Gasteiger partial charge in [-0.3, -0.25) is 4.68 Å². The van der Waals surface area contributed by atoms with Gasteiger partial charge in [-0.05, 0) is 11.6 Å². The van der Waals surface area contributed by atoms with Crippen LogP contribution in [0.25, 0.3) is 11.1 Å². The molecule has 3 aromatic rings. The zero-order valence-corrected chi connectivity index (χ0v) is 11.1. The molecule has 2 aromatic carbocycles. The number of halogens is 1. The fraction of sp³-hybridized carbons (Fsp3) is 0.0625. The minimum absolute atomic E-state index is 0.752. The van der Waals surface area contributed by atoms with Crippen molar-refractivity contribution in [2.75, 3.05) is 0 Å². The van der Waals surface area contributed by atoms with Gasteiger partial charge in [-0.2, -0.15) is 5.10 Å². The van der Waals surface area contributed by atoms with Crippen LogP contribution in [0.4, 0.5) is 0 Å². The third-order valence-corrected chi connectivity index (χ3v) is 3.34. The molecule has 0 radical (unpaired) electrons. The molecule has 3 rings (SSSR count). The second-order valence-electron chi connectivity index (χ2n) is 4.39. The Morgan fingerprint density at radius 2 is 1.68 bits per heavy atom. The molecule has 0 aliphatic heterocycles. The van der Waals surface area contributed by atoms with Gasteiger partial charge in [-0.1, -0.05) is 60.1 Å². The first-order valence-corrected chi connectivity index (χ1v) is 6.52. The lowest BCUT2D eigenvalue weighted by Crippen LogP contribution is -1.99. The van der Waals surface area contributed by atoms with E-state index in [4.69, 9.17) is 11.6 Å². The van der Waals surface area contributed by atoms with Crippen LogP contribution in [-0.2, 0) is 6.54 Å². The van der Waals surface area contributed by atoms with E-state index in [9.17, 15) is 0 Å². The summed E-state index contributed by atoms with van der Waals surface area (Å²) in [5.74, 6) is 0. The summed E-state index contributed by atoms with van der Waals surface area (Å²) in [5, 5.41) is 5.14. The van der Waals surface area contributed by atoms with Gasteiger partial charge in [-0.25, -0.2) is 0 Å². The Hall–Kier alpha value is -2.06. The maximum absolute atomic E-state index is 6.19. The smallest absolute Gasteiger partial charge is 0.0659 e. The van der Waals surface area contributed by atoms with Gasteiger partial charge in [0.25, 0.3) is 0 Å². The summed E-state index contributed by atoms with van der Waals surface area (Å²) in [4.78, 5) is 0. The standard InChI is InChI=1S/C16H13ClN2/c17-16-9-5-4-8-15(16)14-10-18-19(12-14)11-13-6-2-1-3-7-13/h1-10,12H,11H2. The van der Waals surface area contributed by atoms with Crippen LogP contribution in [0.3, 0.4) is 0 Å². The van der Waals surface area contributed by atoms with Gasteiger partial charge in [0.05, 0.1) is 12.7 Å². The van der Waals surface area contributed by atoms with Crippen LogP contribution in [0.5, 0.6) is 0 Å². The maximum Gasteiger partial charge on any atom is 0.0659 e. The summed E-state index contributed by atoms with van der Waals surface area (Å²) < 4.78 is 1.92. The quantitative estimate of drug-likeness (QED) is 0.694. The number of benzene rings is 2. The lowest BCUT2D eigenvalue weighted by atomic mass is 10.1. The second kappa shape index (κ2) is 5.29. The molecule has 0 aliphatic carbocycles. The van der Waals surface area contributed by atoms with Crippen molar-refractivity contribution in [3.63, 3.8) is 0 Å². The Labute approximate surface area is 117 Å². The molecular formula is C16H13ClN2. The molecule has 0 unspecified atom stereocenters. The third-order valence-electron chi connectivity index (χ3n) is 3.01. The van der Waals surface area contributed by atoms with Gasteiger partial charge >= 0.3 is 0 Å². The van der Waals surface area contributed by atoms with E-state index in [2.05, 4.69) is 17.2 Å². The van der Waals surface area contributed by atoms with Crippen LogP contribution >= 0.6 is 11.6 Å². The lowest BCUT2D eigenvalue weighted by Gasteiger charge is -2.01. The Kier molecular flexibility index (Phi) is 3.34. The molecule has 0 fully saturated rings. The van der Waals surface area contributed by atoms with Crippen molar-refractivity contribution in [3.05, 3.63) is 77.6 Å². The molecule has 0 bridgehead atoms. The zero-order chi connectivity index (χ0) is 13.1. The first kappa shape index (κ1) is 12.0. The van der Waals surface area contributed by atoms with E-state index in [-0.39, 0.29) is 0 Å². The summed E-state index contributed by atoms with van der Waals surface area (Å²) in [6.07, 6.45) is 3.87. The monoisotopic (exact) mass is 268 g/mol. The number of nitrogens with zero attached hydrogens (tertiary/aromatic N) is 2. The average Bonchev–Trinajstić information content (AvgIpc) is 2.89. The topological polar surface area (TPSA) is 17.8 Å². The maximum atomic E-state index is 6.19. The highest BCUT2D eigenvalue weighted by molar-refractivity contribution is 6.33. The summed E-state index contributed by atoms with van der Waals surface area (Å²) in [7, 11) is 0. The third kappa shape index (κ3) is 2.69. The van der Waals surface area contributed by atoms with E-state index in [0.717, 1.165) is 22.7 Å². The Bertz CT molecular complexity index is 674. The van der Waals surface area contributed by atoms with Crippen molar-refractivity contribution in [1.82, 2.24) is 9.78 Å². The first-order chi connectivity index (χ1) is 9.33. The molecule has 2 nitrogen and oxygen atoms in total. The molecule has 0 atom stereocenters. The largest absolute Gasteiger partial charge is 0.268 e. The molecule has 3 heteroatoms. The molecule has 0 aliphatic rings. The van der Waals surface area contributed by atoms with Crippen LogP contribution in [0.15, 0.2) is 67.0 Å². The Balaban J connectivity index is 1.86. The van der Waals surface area contributed by atoms with Gasteiger partial charge in [0.15, 0.2) is 0 Å². The molecule has 0 spiro atoms. The number of rotatable bonds is 3. The molecule has 94 valence electrons. The zero-order valence-electron chi connectivity index (χ0n) is 10.3. The van der Waals surface area contributed by atoms with Crippen molar-refractivity contribution in [2.45, 2.75) is 6.54 Å². The van der Waals surface area contributed by atoms with E-state index in [0.29, 0.717) is 0 Å². The number of aromatic nitrogens is 2. The normalized spacial score (nSPS) is 10.6. The fourth-order valence-electron chi connectivity index (χ4n) is 2.05. The highest BCUT2D eigenvalue weighted by Gasteiger charge is 2.05. The molecule has 1 heterocycles. The summed E-state index contributed by atoms with van der Waals surface area (Å²) in [6, 6.07) is 18.1. The first-order valence-electron chi connectivity index (χ1n) is 6.14. The van der Waals surface area contributed by atoms with Gasteiger partial charge in [0.2, 0.25) is 0 Å². The minimum Gasteiger partial charge on any atom is -0.268 e. The van der Waals surface area contributed by atoms with Gasteiger partial charge in [-0.15, -0.1) is 0 Å². The van der Waals surface area contributed by atoms with Crippen LogP contribution in [0.2, 0.25) is 5.02 Å². The van der Waals surface area contributed by atoms with E-state index >= 15 is 0 Å². The van der Waals surface area contributed by atoms with Crippen molar-refractivity contribution in [3.8, 4) is 11.1 Å².